The number of carbonyl (C=O) groups excluding carboxylic acids is 1. The molecule has 0 aliphatic heterocycles. The van der Waals surface area contributed by atoms with Gasteiger partial charge in [0.15, 0.2) is 5.78 Å². The van der Waals surface area contributed by atoms with Crippen molar-refractivity contribution >= 4 is 17.4 Å². The first kappa shape index (κ1) is 13.3. The lowest BCUT2D eigenvalue weighted by Crippen LogP contribution is -2.38. The van der Waals surface area contributed by atoms with Crippen molar-refractivity contribution in [2.45, 2.75) is 32.1 Å². The van der Waals surface area contributed by atoms with Crippen LogP contribution in [0.1, 0.15) is 40.7 Å². The number of rotatable bonds is 1. The van der Waals surface area contributed by atoms with Crippen molar-refractivity contribution in [2.24, 2.45) is 0 Å². The third-order valence-electron chi connectivity index (χ3n) is 4.10. The Morgan fingerprint density at radius 2 is 2.05 bits per heavy atom. The maximum atomic E-state index is 12.8. The SMILES string of the molecule is Cc1ccc(C2(C)CCc3nc(Cl)ccc3C2=O)cn1. The van der Waals surface area contributed by atoms with E-state index in [1.54, 1.807) is 12.1 Å². The predicted octanol–water partition coefficient (Wildman–Crippen LogP) is 3.53. The quantitative estimate of drug-likeness (QED) is 0.753. The molecule has 102 valence electrons. The second-order valence-corrected chi connectivity index (χ2v) is 5.86. The van der Waals surface area contributed by atoms with E-state index in [2.05, 4.69) is 9.97 Å². The number of aryl methyl sites for hydroxylation is 2. The van der Waals surface area contributed by atoms with Crippen LogP contribution in [0.4, 0.5) is 0 Å². The summed E-state index contributed by atoms with van der Waals surface area (Å²) < 4.78 is 0. The Bertz CT molecular complexity index is 681. The van der Waals surface area contributed by atoms with Gasteiger partial charge in [-0.1, -0.05) is 17.7 Å². The van der Waals surface area contributed by atoms with Crippen LogP contribution in [0.2, 0.25) is 5.15 Å². The second kappa shape index (κ2) is 4.67. The van der Waals surface area contributed by atoms with Gasteiger partial charge in [-0.05, 0) is 50.5 Å². The van der Waals surface area contributed by atoms with Crippen LogP contribution in [-0.4, -0.2) is 15.8 Å². The van der Waals surface area contributed by atoms with Crippen molar-refractivity contribution in [3.63, 3.8) is 0 Å². The van der Waals surface area contributed by atoms with E-state index in [9.17, 15) is 4.79 Å². The fraction of sp³-hybridized carbons (Fsp3) is 0.312. The first-order chi connectivity index (χ1) is 9.50. The van der Waals surface area contributed by atoms with Crippen LogP contribution >= 0.6 is 11.6 Å². The minimum absolute atomic E-state index is 0.105. The Morgan fingerprint density at radius 3 is 2.75 bits per heavy atom. The average molecular weight is 287 g/mol. The molecule has 0 N–H and O–H groups in total. The van der Waals surface area contributed by atoms with Gasteiger partial charge in [0.2, 0.25) is 0 Å². The topological polar surface area (TPSA) is 42.9 Å². The zero-order chi connectivity index (χ0) is 14.3. The normalized spacial score (nSPS) is 21.6. The Labute approximate surface area is 123 Å². The molecule has 1 aliphatic rings. The highest BCUT2D eigenvalue weighted by molar-refractivity contribution is 6.29. The molecule has 0 radical (unpaired) electrons. The van der Waals surface area contributed by atoms with E-state index >= 15 is 0 Å². The van der Waals surface area contributed by atoms with Crippen LogP contribution in [0.25, 0.3) is 0 Å². The van der Waals surface area contributed by atoms with Gasteiger partial charge in [0.05, 0.1) is 11.1 Å². The highest BCUT2D eigenvalue weighted by Crippen LogP contribution is 2.37. The number of ketones is 1. The molecule has 0 fully saturated rings. The minimum atomic E-state index is -0.525. The van der Waals surface area contributed by atoms with Crippen molar-refractivity contribution in [1.29, 1.82) is 0 Å². The summed E-state index contributed by atoms with van der Waals surface area (Å²) >= 11 is 5.90. The summed E-state index contributed by atoms with van der Waals surface area (Å²) in [5.41, 5.74) is 2.88. The summed E-state index contributed by atoms with van der Waals surface area (Å²) in [4.78, 5) is 21.4. The molecule has 0 saturated carbocycles. The summed E-state index contributed by atoms with van der Waals surface area (Å²) in [5, 5.41) is 0.442. The third kappa shape index (κ3) is 2.02. The molecule has 4 heteroatoms. The molecule has 2 aromatic rings. The molecule has 0 spiro atoms. The van der Waals surface area contributed by atoms with Crippen LogP contribution in [-0.2, 0) is 11.8 Å². The zero-order valence-electron chi connectivity index (χ0n) is 11.5. The molecule has 3 nitrogen and oxygen atoms in total. The van der Waals surface area contributed by atoms with Crippen molar-refractivity contribution in [1.82, 2.24) is 9.97 Å². The van der Waals surface area contributed by atoms with Gasteiger partial charge in [0.1, 0.15) is 5.15 Å². The van der Waals surface area contributed by atoms with Gasteiger partial charge in [-0.15, -0.1) is 0 Å². The average Bonchev–Trinajstić information content (AvgIpc) is 2.44. The largest absolute Gasteiger partial charge is 0.293 e. The smallest absolute Gasteiger partial charge is 0.174 e. The highest BCUT2D eigenvalue weighted by atomic mass is 35.5. The van der Waals surface area contributed by atoms with Crippen LogP contribution in [0.15, 0.2) is 30.5 Å². The first-order valence-electron chi connectivity index (χ1n) is 6.64. The van der Waals surface area contributed by atoms with Crippen LogP contribution in [0.3, 0.4) is 0 Å². The number of hydrogen-bond acceptors (Lipinski definition) is 3. The molecule has 2 aromatic heterocycles. The Kier molecular flexibility index (Phi) is 3.09. The third-order valence-corrected chi connectivity index (χ3v) is 4.31. The second-order valence-electron chi connectivity index (χ2n) is 5.48. The van der Waals surface area contributed by atoms with Crippen molar-refractivity contribution in [3.8, 4) is 0 Å². The number of hydrogen-bond donors (Lipinski definition) is 0. The van der Waals surface area contributed by atoms with Crippen molar-refractivity contribution < 1.29 is 4.79 Å². The number of halogens is 1. The Balaban J connectivity index is 2.06. The molecule has 20 heavy (non-hydrogen) atoms. The van der Waals surface area contributed by atoms with E-state index in [1.165, 1.54) is 0 Å². The highest BCUT2D eigenvalue weighted by Gasteiger charge is 2.40. The summed E-state index contributed by atoms with van der Waals surface area (Å²) in [7, 11) is 0. The van der Waals surface area contributed by atoms with Gasteiger partial charge >= 0.3 is 0 Å². The van der Waals surface area contributed by atoms with Crippen molar-refractivity contribution in [2.75, 3.05) is 0 Å². The van der Waals surface area contributed by atoms with Gasteiger partial charge in [-0.2, -0.15) is 0 Å². The maximum absolute atomic E-state index is 12.8. The Morgan fingerprint density at radius 1 is 1.25 bits per heavy atom. The summed E-state index contributed by atoms with van der Waals surface area (Å²) in [6.07, 6.45) is 3.30. The van der Waals surface area contributed by atoms with Gasteiger partial charge in [-0.3, -0.25) is 9.78 Å². The molecule has 0 amide bonds. The minimum Gasteiger partial charge on any atom is -0.293 e. The molecule has 3 rings (SSSR count). The predicted molar refractivity (Wildman–Crippen MR) is 78.2 cm³/mol. The van der Waals surface area contributed by atoms with E-state index in [0.29, 0.717) is 10.7 Å². The molecule has 2 heterocycles. The van der Waals surface area contributed by atoms with E-state index in [0.717, 1.165) is 29.8 Å². The summed E-state index contributed by atoms with van der Waals surface area (Å²) in [5.74, 6) is 0.105. The lowest BCUT2D eigenvalue weighted by Gasteiger charge is -2.33. The number of Topliss-reactive ketones (excluding diaryl/α,β-unsaturated/α-hetero) is 1. The molecular weight excluding hydrogens is 272 g/mol. The van der Waals surface area contributed by atoms with Crippen LogP contribution in [0, 0.1) is 6.92 Å². The van der Waals surface area contributed by atoms with Gasteiger partial charge in [0, 0.05) is 17.5 Å². The maximum Gasteiger partial charge on any atom is 0.174 e. The van der Waals surface area contributed by atoms with Gasteiger partial charge in [0.25, 0.3) is 0 Å². The fourth-order valence-corrected chi connectivity index (χ4v) is 2.89. The number of fused-ring (bicyclic) bond motifs is 1. The number of nitrogens with zero attached hydrogens (tertiary/aromatic N) is 2. The number of pyridine rings is 2. The van der Waals surface area contributed by atoms with E-state index < -0.39 is 5.41 Å². The van der Waals surface area contributed by atoms with Gasteiger partial charge in [-0.25, -0.2) is 4.98 Å². The van der Waals surface area contributed by atoms with Crippen LogP contribution < -0.4 is 0 Å². The molecular formula is C16H15ClN2O. The Hall–Kier alpha value is -1.74. The molecule has 0 saturated heterocycles. The summed E-state index contributed by atoms with van der Waals surface area (Å²) in [6.45, 7) is 3.93. The van der Waals surface area contributed by atoms with Crippen LogP contribution in [0.5, 0.6) is 0 Å². The van der Waals surface area contributed by atoms with Crippen molar-refractivity contribution in [3.05, 3.63) is 58.1 Å². The van der Waals surface area contributed by atoms with Gasteiger partial charge < -0.3 is 0 Å². The molecule has 1 aliphatic carbocycles. The summed E-state index contributed by atoms with van der Waals surface area (Å²) in [6, 6.07) is 7.40. The number of carbonyl (C=O) groups is 1. The fourth-order valence-electron chi connectivity index (χ4n) is 2.72. The lowest BCUT2D eigenvalue weighted by molar-refractivity contribution is 0.0874. The molecule has 0 bridgehead atoms. The monoisotopic (exact) mass is 286 g/mol. The molecule has 1 atom stereocenters. The van der Waals surface area contributed by atoms with E-state index in [4.69, 9.17) is 11.6 Å². The van der Waals surface area contributed by atoms with E-state index in [-0.39, 0.29) is 5.78 Å². The number of aromatic nitrogens is 2. The lowest BCUT2D eigenvalue weighted by atomic mass is 9.69. The first-order valence-corrected chi connectivity index (χ1v) is 7.02. The molecule has 0 aromatic carbocycles. The molecule has 1 unspecified atom stereocenters. The standard InChI is InChI=1S/C16H15ClN2O/c1-10-3-4-11(9-18-10)16(2)8-7-13-12(15(16)20)5-6-14(17)19-13/h3-6,9H,7-8H2,1-2H3. The van der Waals surface area contributed by atoms with E-state index in [1.807, 2.05) is 32.2 Å². The zero-order valence-corrected chi connectivity index (χ0v) is 12.2.